The SMILES string of the molecule is O=C1NN=C2[C@@H]3C[C@@H]4C[C@]12C[C@]1(C3)C(=O)NN=C41. The molecule has 2 spiro atoms. The molecule has 18 heavy (non-hydrogen) atoms. The van der Waals surface area contributed by atoms with E-state index in [9.17, 15) is 9.59 Å². The molecule has 92 valence electrons. The predicted octanol–water partition coefficient (Wildman–Crippen LogP) is -0.236. The van der Waals surface area contributed by atoms with Gasteiger partial charge in [0, 0.05) is 11.8 Å². The Morgan fingerprint density at radius 1 is 0.944 bits per heavy atom. The Balaban J connectivity index is 1.78. The first kappa shape index (κ1) is 9.24. The van der Waals surface area contributed by atoms with Gasteiger partial charge >= 0.3 is 0 Å². The molecule has 2 heterocycles. The van der Waals surface area contributed by atoms with Gasteiger partial charge in [-0.3, -0.25) is 9.59 Å². The first-order valence-corrected chi connectivity index (χ1v) is 6.43. The van der Waals surface area contributed by atoms with Gasteiger partial charge in [0.25, 0.3) is 11.8 Å². The molecule has 4 saturated carbocycles. The molecule has 6 aliphatic rings. The molecule has 6 nitrogen and oxygen atoms in total. The first-order valence-electron chi connectivity index (χ1n) is 6.43. The van der Waals surface area contributed by atoms with Crippen LogP contribution in [-0.2, 0) is 9.59 Å². The highest BCUT2D eigenvalue weighted by Crippen LogP contribution is 2.64. The van der Waals surface area contributed by atoms with Crippen LogP contribution in [0.25, 0.3) is 0 Å². The van der Waals surface area contributed by atoms with Crippen molar-refractivity contribution in [2.45, 2.75) is 25.7 Å². The van der Waals surface area contributed by atoms with Crippen LogP contribution >= 0.6 is 0 Å². The van der Waals surface area contributed by atoms with Gasteiger partial charge in [0.05, 0.1) is 22.3 Å². The summed E-state index contributed by atoms with van der Waals surface area (Å²) < 4.78 is 0. The molecule has 0 aromatic heterocycles. The van der Waals surface area contributed by atoms with Crippen LogP contribution in [0.1, 0.15) is 25.7 Å². The van der Waals surface area contributed by atoms with Crippen molar-refractivity contribution in [3.05, 3.63) is 0 Å². The molecule has 4 fully saturated rings. The molecule has 0 aromatic rings. The van der Waals surface area contributed by atoms with Gasteiger partial charge in [-0.05, 0) is 25.7 Å². The zero-order valence-corrected chi connectivity index (χ0v) is 9.69. The summed E-state index contributed by atoms with van der Waals surface area (Å²) in [4.78, 5) is 24.4. The Kier molecular flexibility index (Phi) is 1.22. The van der Waals surface area contributed by atoms with Crippen LogP contribution in [0.15, 0.2) is 10.2 Å². The fourth-order valence-electron chi connectivity index (χ4n) is 5.01. The van der Waals surface area contributed by atoms with Gasteiger partial charge in [-0.15, -0.1) is 0 Å². The average molecular weight is 244 g/mol. The number of amides is 2. The van der Waals surface area contributed by atoms with E-state index >= 15 is 0 Å². The van der Waals surface area contributed by atoms with Crippen molar-refractivity contribution in [3.63, 3.8) is 0 Å². The number of rotatable bonds is 0. The largest absolute Gasteiger partial charge is 0.272 e. The molecule has 4 bridgehead atoms. The topological polar surface area (TPSA) is 82.9 Å². The zero-order chi connectivity index (χ0) is 12.1. The molecule has 2 amide bonds. The van der Waals surface area contributed by atoms with Crippen molar-refractivity contribution in [3.8, 4) is 0 Å². The lowest BCUT2D eigenvalue weighted by Gasteiger charge is -2.57. The number of hydrogen-bond acceptors (Lipinski definition) is 4. The van der Waals surface area contributed by atoms with E-state index < -0.39 is 10.8 Å². The van der Waals surface area contributed by atoms with Crippen molar-refractivity contribution in [2.75, 3.05) is 0 Å². The van der Waals surface area contributed by atoms with E-state index in [0.717, 1.165) is 30.7 Å². The van der Waals surface area contributed by atoms with Crippen LogP contribution < -0.4 is 10.9 Å². The number of hydrogen-bond donors (Lipinski definition) is 2. The van der Waals surface area contributed by atoms with Gasteiger partial charge in [0.1, 0.15) is 0 Å². The Hall–Kier alpha value is -1.72. The molecule has 6 heteroatoms. The third kappa shape index (κ3) is 0.693. The fraction of sp³-hybridized carbons (Fsp3) is 0.667. The molecule has 0 saturated heterocycles. The highest BCUT2D eigenvalue weighted by molar-refractivity contribution is 6.23. The molecule has 0 unspecified atom stereocenters. The van der Waals surface area contributed by atoms with Crippen LogP contribution in [0.4, 0.5) is 0 Å². The molecular weight excluding hydrogens is 232 g/mol. The second-order valence-electron chi connectivity index (χ2n) is 6.25. The van der Waals surface area contributed by atoms with Gasteiger partial charge < -0.3 is 0 Å². The summed E-state index contributed by atoms with van der Waals surface area (Å²) in [6.07, 6.45) is 3.13. The fourth-order valence-corrected chi connectivity index (χ4v) is 5.01. The lowest BCUT2D eigenvalue weighted by molar-refractivity contribution is -0.136. The first-order chi connectivity index (χ1) is 8.66. The van der Waals surface area contributed by atoms with Crippen molar-refractivity contribution in [1.29, 1.82) is 0 Å². The molecular formula is C12H12N4O2. The molecule has 4 atom stereocenters. The lowest BCUT2D eigenvalue weighted by atomic mass is 9.42. The molecule has 2 N–H and O–H groups in total. The summed E-state index contributed by atoms with van der Waals surface area (Å²) >= 11 is 0. The van der Waals surface area contributed by atoms with Crippen molar-refractivity contribution >= 4 is 23.2 Å². The zero-order valence-electron chi connectivity index (χ0n) is 9.69. The minimum Gasteiger partial charge on any atom is -0.272 e. The minimum atomic E-state index is -0.507. The summed E-state index contributed by atoms with van der Waals surface area (Å²) in [7, 11) is 0. The summed E-state index contributed by atoms with van der Waals surface area (Å²) in [5.41, 5.74) is 6.27. The van der Waals surface area contributed by atoms with Gasteiger partial charge in [0.15, 0.2) is 0 Å². The highest BCUT2D eigenvalue weighted by atomic mass is 16.2. The Morgan fingerprint density at radius 2 is 1.44 bits per heavy atom. The lowest BCUT2D eigenvalue weighted by Crippen LogP contribution is -2.65. The standard InChI is InChI=1S/C12H12N4O2/c17-9-11-2-5-1-6(8(11)14-15-9)3-12(4-11)7(5)13-16-10(12)18/h5-6H,1-4H2,(H,15,17)(H,16,18)/t5-,6-,11-,12+/m1/s1. The Labute approximate surface area is 103 Å². The summed E-state index contributed by atoms with van der Waals surface area (Å²) in [5.74, 6) is 0.536. The van der Waals surface area contributed by atoms with Crippen molar-refractivity contribution in [2.24, 2.45) is 32.9 Å². The molecule has 0 aromatic carbocycles. The van der Waals surface area contributed by atoms with E-state index in [1.165, 1.54) is 0 Å². The van der Waals surface area contributed by atoms with Gasteiger partial charge in [-0.2, -0.15) is 10.2 Å². The van der Waals surface area contributed by atoms with Crippen LogP contribution in [0.2, 0.25) is 0 Å². The normalized spacial score (nSPS) is 50.4. The van der Waals surface area contributed by atoms with E-state index in [4.69, 9.17) is 0 Å². The summed E-state index contributed by atoms with van der Waals surface area (Å²) in [6, 6.07) is 0. The number of nitrogens with one attached hydrogen (secondary N) is 2. The predicted molar refractivity (Wildman–Crippen MR) is 61.5 cm³/mol. The third-order valence-electron chi connectivity index (χ3n) is 5.54. The Morgan fingerprint density at radius 3 is 1.94 bits per heavy atom. The van der Waals surface area contributed by atoms with Crippen LogP contribution in [-0.4, -0.2) is 23.2 Å². The highest BCUT2D eigenvalue weighted by Gasteiger charge is 2.71. The third-order valence-corrected chi connectivity index (χ3v) is 5.54. The van der Waals surface area contributed by atoms with E-state index in [1.807, 2.05) is 0 Å². The minimum absolute atomic E-state index is 0.00924. The quantitative estimate of drug-likeness (QED) is 0.616. The molecule has 2 aliphatic heterocycles. The van der Waals surface area contributed by atoms with E-state index in [0.29, 0.717) is 6.42 Å². The van der Waals surface area contributed by atoms with Crippen molar-refractivity contribution < 1.29 is 9.59 Å². The van der Waals surface area contributed by atoms with E-state index in [1.54, 1.807) is 0 Å². The number of nitrogens with zero attached hydrogens (tertiary/aromatic N) is 2. The van der Waals surface area contributed by atoms with E-state index in [-0.39, 0.29) is 23.7 Å². The van der Waals surface area contributed by atoms with Gasteiger partial charge in [-0.25, -0.2) is 10.9 Å². The second-order valence-corrected chi connectivity index (χ2v) is 6.25. The molecule has 4 aliphatic carbocycles. The monoisotopic (exact) mass is 244 g/mol. The smallest absolute Gasteiger partial charge is 0.252 e. The summed E-state index contributed by atoms with van der Waals surface area (Å²) in [6.45, 7) is 0. The second kappa shape index (κ2) is 2.37. The van der Waals surface area contributed by atoms with E-state index in [2.05, 4.69) is 21.1 Å². The van der Waals surface area contributed by atoms with Gasteiger partial charge in [-0.1, -0.05) is 0 Å². The van der Waals surface area contributed by atoms with Crippen LogP contribution in [0.3, 0.4) is 0 Å². The number of carbonyl (C=O) groups excluding carboxylic acids is 2. The average Bonchev–Trinajstić information content (AvgIpc) is 2.82. The number of carbonyl (C=O) groups is 2. The maximum Gasteiger partial charge on any atom is 0.252 e. The molecule has 6 rings (SSSR count). The maximum absolute atomic E-state index is 12.2. The molecule has 0 radical (unpaired) electrons. The number of hydrazone groups is 2. The van der Waals surface area contributed by atoms with Crippen LogP contribution in [0.5, 0.6) is 0 Å². The summed E-state index contributed by atoms with van der Waals surface area (Å²) in [5, 5.41) is 8.50. The van der Waals surface area contributed by atoms with Crippen LogP contribution in [0, 0.1) is 22.7 Å². The maximum atomic E-state index is 12.2. The van der Waals surface area contributed by atoms with Crippen molar-refractivity contribution in [1.82, 2.24) is 10.9 Å². The Bertz CT molecular complexity index is 545. The van der Waals surface area contributed by atoms with Gasteiger partial charge in [0.2, 0.25) is 0 Å².